The average Bonchev–Trinajstić information content (AvgIpc) is 3.17. The van der Waals surface area contributed by atoms with Gasteiger partial charge >= 0.3 is 0 Å². The number of rotatable bonds is 9. The van der Waals surface area contributed by atoms with Crippen molar-refractivity contribution in [2.45, 2.75) is 32.6 Å². The van der Waals surface area contributed by atoms with E-state index in [1.165, 1.54) is 0 Å². The van der Waals surface area contributed by atoms with Crippen LogP contribution in [0, 0.1) is 6.92 Å². The van der Waals surface area contributed by atoms with Crippen molar-refractivity contribution in [1.29, 1.82) is 0 Å². The van der Waals surface area contributed by atoms with Crippen LogP contribution in [-0.4, -0.2) is 47.7 Å². The summed E-state index contributed by atoms with van der Waals surface area (Å²) < 4.78 is 1.12. The third-order valence-electron chi connectivity index (χ3n) is 5.04. The molecule has 3 aromatic rings. The molecule has 1 aromatic heterocycles. The van der Waals surface area contributed by atoms with Crippen molar-refractivity contribution in [3.05, 3.63) is 53.6 Å². The highest BCUT2D eigenvalue weighted by atomic mass is 32.2. The van der Waals surface area contributed by atoms with Gasteiger partial charge in [-0.05, 0) is 49.5 Å². The Hall–Kier alpha value is -1.89. The van der Waals surface area contributed by atoms with E-state index in [0.717, 1.165) is 56.8 Å². The van der Waals surface area contributed by atoms with Gasteiger partial charge in [-0.1, -0.05) is 56.4 Å². The van der Waals surface area contributed by atoms with Gasteiger partial charge in [-0.3, -0.25) is 9.69 Å². The number of anilines is 1. The number of benzene rings is 2. The van der Waals surface area contributed by atoms with Crippen LogP contribution in [0.2, 0.25) is 0 Å². The van der Waals surface area contributed by atoms with Gasteiger partial charge in [0.25, 0.3) is 5.91 Å². The second kappa shape index (κ2) is 10.2. The zero-order valence-corrected chi connectivity index (χ0v) is 19.3. The molecule has 0 aliphatic heterocycles. The molecule has 0 bridgehead atoms. The van der Waals surface area contributed by atoms with Crippen LogP contribution in [0.3, 0.4) is 0 Å². The molecule has 0 atom stereocenters. The number of thioether (sulfide) groups is 1. The maximum absolute atomic E-state index is 13.7. The number of likely N-dealkylation sites (N-methyl/N-ethyl adjacent to an activating group) is 1. The largest absolute Gasteiger partial charge is 0.302 e. The van der Waals surface area contributed by atoms with Crippen molar-refractivity contribution in [2.24, 2.45) is 0 Å². The predicted octanol–water partition coefficient (Wildman–Crippen LogP) is 5.71. The van der Waals surface area contributed by atoms with Crippen LogP contribution in [0.4, 0.5) is 5.13 Å². The SMILES string of the molecule is CCSc1ccccc1C(=O)N(CCN(CC)CC)c1nc2c(C)cccc2s1. The fourth-order valence-electron chi connectivity index (χ4n) is 3.33. The quantitative estimate of drug-likeness (QED) is 0.410. The lowest BCUT2D eigenvalue weighted by atomic mass is 10.2. The Balaban J connectivity index is 2.00. The Bertz CT molecular complexity index is 966. The molecule has 6 heteroatoms. The summed E-state index contributed by atoms with van der Waals surface area (Å²) in [6.07, 6.45) is 0. The number of thiazole rings is 1. The van der Waals surface area contributed by atoms with Crippen LogP contribution in [0.25, 0.3) is 10.2 Å². The minimum Gasteiger partial charge on any atom is -0.302 e. The fraction of sp³-hybridized carbons (Fsp3) is 0.391. The smallest absolute Gasteiger partial charge is 0.261 e. The Morgan fingerprint density at radius 3 is 2.48 bits per heavy atom. The third-order valence-corrected chi connectivity index (χ3v) is 7.04. The Morgan fingerprint density at radius 2 is 1.79 bits per heavy atom. The summed E-state index contributed by atoms with van der Waals surface area (Å²) in [5.74, 6) is 0.967. The number of hydrogen-bond acceptors (Lipinski definition) is 5. The number of aryl methyl sites for hydroxylation is 1. The van der Waals surface area contributed by atoms with Crippen molar-refractivity contribution in [1.82, 2.24) is 9.88 Å². The van der Waals surface area contributed by atoms with Crippen LogP contribution < -0.4 is 4.90 Å². The monoisotopic (exact) mass is 427 g/mol. The summed E-state index contributed by atoms with van der Waals surface area (Å²) in [6, 6.07) is 14.1. The number of aromatic nitrogens is 1. The molecule has 0 aliphatic carbocycles. The molecule has 0 spiro atoms. The zero-order chi connectivity index (χ0) is 20.8. The minimum atomic E-state index is 0.0328. The summed E-state index contributed by atoms with van der Waals surface area (Å²) in [4.78, 5) is 23.8. The first-order valence-electron chi connectivity index (χ1n) is 10.2. The molecule has 2 aromatic carbocycles. The Kier molecular flexibility index (Phi) is 7.70. The van der Waals surface area contributed by atoms with Crippen LogP contribution in [-0.2, 0) is 0 Å². The summed E-state index contributed by atoms with van der Waals surface area (Å²) in [6.45, 7) is 11.9. The molecule has 0 fully saturated rings. The first-order valence-corrected chi connectivity index (χ1v) is 12.0. The number of hydrogen-bond donors (Lipinski definition) is 0. The molecule has 0 aliphatic rings. The van der Waals surface area contributed by atoms with Crippen LogP contribution in [0.1, 0.15) is 36.7 Å². The van der Waals surface area contributed by atoms with E-state index in [-0.39, 0.29) is 5.91 Å². The van der Waals surface area contributed by atoms with Gasteiger partial charge in [0.05, 0.1) is 15.8 Å². The van der Waals surface area contributed by atoms with Gasteiger partial charge in [-0.2, -0.15) is 0 Å². The van der Waals surface area contributed by atoms with E-state index < -0.39 is 0 Å². The van der Waals surface area contributed by atoms with Crippen LogP contribution in [0.15, 0.2) is 47.4 Å². The van der Waals surface area contributed by atoms with Gasteiger partial charge in [0, 0.05) is 18.0 Å². The molecular formula is C23H29N3OS2. The summed E-state index contributed by atoms with van der Waals surface area (Å²) in [5, 5.41) is 0.780. The number of carbonyl (C=O) groups is 1. The maximum Gasteiger partial charge on any atom is 0.261 e. The van der Waals surface area contributed by atoms with Crippen molar-refractivity contribution >= 4 is 44.4 Å². The van der Waals surface area contributed by atoms with Gasteiger partial charge < -0.3 is 4.90 Å². The molecule has 29 heavy (non-hydrogen) atoms. The standard InChI is InChI=1S/C23H29N3OS2/c1-5-25(6-2)15-16-26(22(27)18-12-8-9-13-19(18)28-7-3)23-24-21-17(4)11-10-14-20(21)29-23/h8-14H,5-7,15-16H2,1-4H3. The highest BCUT2D eigenvalue weighted by molar-refractivity contribution is 7.99. The first kappa shape index (κ1) is 21.8. The maximum atomic E-state index is 13.7. The third kappa shape index (κ3) is 5.00. The van der Waals surface area contributed by atoms with E-state index in [0.29, 0.717) is 6.54 Å². The van der Waals surface area contributed by atoms with Crippen molar-refractivity contribution in [3.8, 4) is 0 Å². The number of nitrogens with zero attached hydrogens (tertiary/aromatic N) is 3. The Labute approximate surface area is 181 Å². The van der Waals surface area contributed by atoms with E-state index in [9.17, 15) is 4.79 Å². The number of para-hydroxylation sites is 1. The molecule has 4 nitrogen and oxygen atoms in total. The van der Waals surface area contributed by atoms with Gasteiger partial charge in [0.1, 0.15) is 0 Å². The molecule has 3 rings (SSSR count). The molecule has 1 heterocycles. The van der Waals surface area contributed by atoms with E-state index in [1.54, 1.807) is 23.1 Å². The topological polar surface area (TPSA) is 36.4 Å². The van der Waals surface area contributed by atoms with Crippen molar-refractivity contribution in [2.75, 3.05) is 36.8 Å². The zero-order valence-electron chi connectivity index (χ0n) is 17.6. The lowest BCUT2D eigenvalue weighted by molar-refractivity contribution is 0.0981. The summed E-state index contributed by atoms with van der Waals surface area (Å²) in [7, 11) is 0. The second-order valence-electron chi connectivity index (χ2n) is 6.83. The summed E-state index contributed by atoms with van der Waals surface area (Å²) in [5.41, 5.74) is 2.89. The Morgan fingerprint density at radius 1 is 1.03 bits per heavy atom. The average molecular weight is 428 g/mol. The molecule has 0 saturated carbocycles. The lowest BCUT2D eigenvalue weighted by Gasteiger charge is -2.25. The first-order chi connectivity index (χ1) is 14.1. The molecule has 0 unspecified atom stereocenters. The van der Waals surface area contributed by atoms with Crippen LogP contribution >= 0.6 is 23.1 Å². The van der Waals surface area contributed by atoms with E-state index >= 15 is 0 Å². The minimum absolute atomic E-state index is 0.0328. The summed E-state index contributed by atoms with van der Waals surface area (Å²) >= 11 is 3.31. The lowest BCUT2D eigenvalue weighted by Crippen LogP contribution is -2.39. The number of amides is 1. The molecule has 0 saturated heterocycles. The van der Waals surface area contributed by atoms with E-state index in [2.05, 4.69) is 50.8 Å². The van der Waals surface area contributed by atoms with Crippen LogP contribution in [0.5, 0.6) is 0 Å². The fourth-order valence-corrected chi connectivity index (χ4v) is 5.19. The molecule has 0 N–H and O–H groups in total. The van der Waals surface area contributed by atoms with Gasteiger partial charge in [0.2, 0.25) is 0 Å². The molecular weight excluding hydrogens is 398 g/mol. The number of fused-ring (bicyclic) bond motifs is 1. The van der Waals surface area contributed by atoms with Gasteiger partial charge in [0.15, 0.2) is 5.13 Å². The van der Waals surface area contributed by atoms with E-state index in [4.69, 9.17) is 4.98 Å². The van der Waals surface area contributed by atoms with Gasteiger partial charge in [-0.15, -0.1) is 11.8 Å². The normalized spacial score (nSPS) is 11.3. The van der Waals surface area contributed by atoms with E-state index in [1.807, 2.05) is 29.2 Å². The second-order valence-corrected chi connectivity index (χ2v) is 9.15. The molecule has 0 radical (unpaired) electrons. The molecule has 1 amide bonds. The predicted molar refractivity (Wildman–Crippen MR) is 127 cm³/mol. The highest BCUT2D eigenvalue weighted by Gasteiger charge is 2.24. The number of carbonyl (C=O) groups excluding carboxylic acids is 1. The highest BCUT2D eigenvalue weighted by Crippen LogP contribution is 2.32. The van der Waals surface area contributed by atoms with Crippen molar-refractivity contribution in [3.63, 3.8) is 0 Å². The van der Waals surface area contributed by atoms with Gasteiger partial charge in [-0.25, -0.2) is 4.98 Å². The molecule has 154 valence electrons. The van der Waals surface area contributed by atoms with Crippen molar-refractivity contribution < 1.29 is 4.79 Å².